The van der Waals surface area contributed by atoms with Crippen LogP contribution in [0.4, 0.5) is 0 Å². The molecule has 0 N–H and O–H groups in total. The zero-order valence-corrected chi connectivity index (χ0v) is 9.59. The maximum absolute atomic E-state index is 5.55. The first-order valence-electron chi connectivity index (χ1n) is 6.01. The summed E-state index contributed by atoms with van der Waals surface area (Å²) in [6.07, 6.45) is 7.67. The Hall–Kier alpha value is -0.530. The zero-order chi connectivity index (χ0) is 10.2. The van der Waals surface area contributed by atoms with E-state index in [-0.39, 0.29) is 0 Å². The quantitative estimate of drug-likeness (QED) is 0.598. The third-order valence-electron chi connectivity index (χ3n) is 2.73. The van der Waals surface area contributed by atoms with Crippen LogP contribution >= 0.6 is 0 Å². The highest BCUT2D eigenvalue weighted by molar-refractivity contribution is 5.78. The van der Waals surface area contributed by atoms with Crippen molar-refractivity contribution in [2.75, 3.05) is 13.2 Å². The van der Waals surface area contributed by atoms with Crippen molar-refractivity contribution < 1.29 is 4.74 Å². The monoisotopic (exact) mass is 197 g/mol. The Balaban J connectivity index is 2.13. The number of rotatable bonds is 6. The molecular weight excluding hydrogens is 174 g/mol. The first-order valence-corrected chi connectivity index (χ1v) is 6.01. The molecule has 1 heterocycles. The van der Waals surface area contributed by atoms with Crippen LogP contribution in [0.25, 0.3) is 0 Å². The minimum atomic E-state index is 0.534. The molecule has 1 unspecified atom stereocenters. The van der Waals surface area contributed by atoms with Crippen molar-refractivity contribution in [2.24, 2.45) is 10.9 Å². The van der Waals surface area contributed by atoms with Gasteiger partial charge in [-0.25, -0.2) is 0 Å². The highest BCUT2D eigenvalue weighted by Crippen LogP contribution is 2.14. The summed E-state index contributed by atoms with van der Waals surface area (Å²) in [5.74, 6) is 1.54. The average Bonchev–Trinajstić information content (AvgIpc) is 2.25. The maximum atomic E-state index is 5.55. The van der Waals surface area contributed by atoms with E-state index in [1.54, 1.807) is 0 Å². The third kappa shape index (κ3) is 4.12. The summed E-state index contributed by atoms with van der Waals surface area (Å²) in [6, 6.07) is 0. The van der Waals surface area contributed by atoms with E-state index in [9.17, 15) is 0 Å². The van der Waals surface area contributed by atoms with Gasteiger partial charge in [0.15, 0.2) is 5.90 Å². The van der Waals surface area contributed by atoms with Crippen LogP contribution in [-0.4, -0.2) is 19.0 Å². The van der Waals surface area contributed by atoms with Gasteiger partial charge >= 0.3 is 0 Å². The van der Waals surface area contributed by atoms with E-state index < -0.39 is 0 Å². The van der Waals surface area contributed by atoms with Crippen LogP contribution in [-0.2, 0) is 4.74 Å². The van der Waals surface area contributed by atoms with Crippen LogP contribution in [0.5, 0.6) is 0 Å². The van der Waals surface area contributed by atoms with Crippen molar-refractivity contribution in [3.05, 3.63) is 0 Å². The molecule has 0 aliphatic carbocycles. The fourth-order valence-electron chi connectivity index (χ4n) is 1.78. The molecule has 1 rings (SSSR count). The molecule has 0 amide bonds. The standard InChI is InChI=1S/C12H23NO/c1-3-4-5-6-8-11(2)12-13-9-7-10-14-12/h11H,3-10H2,1-2H3. The largest absolute Gasteiger partial charge is 0.481 e. The minimum Gasteiger partial charge on any atom is -0.481 e. The predicted molar refractivity (Wildman–Crippen MR) is 60.8 cm³/mol. The number of ether oxygens (including phenoxy) is 1. The lowest BCUT2D eigenvalue weighted by Gasteiger charge is -2.19. The van der Waals surface area contributed by atoms with Crippen LogP contribution in [0.1, 0.15) is 52.4 Å². The van der Waals surface area contributed by atoms with E-state index in [4.69, 9.17) is 4.74 Å². The molecule has 1 aliphatic rings. The number of unbranched alkanes of at least 4 members (excludes halogenated alkanes) is 3. The molecule has 0 aromatic rings. The summed E-state index contributed by atoms with van der Waals surface area (Å²) in [7, 11) is 0. The van der Waals surface area contributed by atoms with Gasteiger partial charge in [-0.15, -0.1) is 0 Å². The van der Waals surface area contributed by atoms with Crippen molar-refractivity contribution in [3.8, 4) is 0 Å². The summed E-state index contributed by atoms with van der Waals surface area (Å²) >= 11 is 0. The Labute approximate surface area is 87.8 Å². The molecule has 0 aromatic carbocycles. The smallest absolute Gasteiger partial charge is 0.186 e. The highest BCUT2D eigenvalue weighted by Gasteiger charge is 2.13. The fourth-order valence-corrected chi connectivity index (χ4v) is 1.78. The first-order chi connectivity index (χ1) is 6.84. The van der Waals surface area contributed by atoms with Crippen molar-refractivity contribution in [2.45, 2.75) is 52.4 Å². The van der Waals surface area contributed by atoms with Crippen molar-refractivity contribution in [3.63, 3.8) is 0 Å². The molecular formula is C12H23NO. The van der Waals surface area contributed by atoms with Gasteiger partial charge in [0.2, 0.25) is 0 Å². The fraction of sp³-hybridized carbons (Fsp3) is 0.917. The van der Waals surface area contributed by atoms with Crippen LogP contribution in [0, 0.1) is 5.92 Å². The van der Waals surface area contributed by atoms with E-state index in [0.29, 0.717) is 5.92 Å². The first kappa shape index (κ1) is 11.5. The Kier molecular flexibility index (Phi) is 5.65. The third-order valence-corrected chi connectivity index (χ3v) is 2.73. The summed E-state index contributed by atoms with van der Waals surface area (Å²) in [5.41, 5.74) is 0. The molecule has 0 spiro atoms. The van der Waals surface area contributed by atoms with E-state index >= 15 is 0 Å². The Morgan fingerprint density at radius 3 is 2.86 bits per heavy atom. The number of hydrogen-bond acceptors (Lipinski definition) is 2. The molecule has 2 heteroatoms. The van der Waals surface area contributed by atoms with Gasteiger partial charge in [-0.2, -0.15) is 0 Å². The lowest BCUT2D eigenvalue weighted by molar-refractivity contribution is 0.258. The Morgan fingerprint density at radius 1 is 1.36 bits per heavy atom. The lowest BCUT2D eigenvalue weighted by Crippen LogP contribution is -2.20. The SMILES string of the molecule is CCCCCCC(C)C1=NCCCO1. The van der Waals surface area contributed by atoms with E-state index in [1.807, 2.05) is 0 Å². The second-order valence-electron chi connectivity index (χ2n) is 4.17. The normalized spacial score (nSPS) is 18.6. The van der Waals surface area contributed by atoms with Crippen molar-refractivity contribution in [1.82, 2.24) is 0 Å². The second kappa shape index (κ2) is 6.86. The molecule has 0 aromatic heterocycles. The zero-order valence-electron chi connectivity index (χ0n) is 9.59. The van der Waals surface area contributed by atoms with Gasteiger partial charge in [-0.1, -0.05) is 39.5 Å². The highest BCUT2D eigenvalue weighted by atomic mass is 16.5. The van der Waals surface area contributed by atoms with Gasteiger partial charge in [-0.3, -0.25) is 4.99 Å². The van der Waals surface area contributed by atoms with Crippen molar-refractivity contribution >= 4 is 5.90 Å². The van der Waals surface area contributed by atoms with Gasteiger partial charge in [-0.05, 0) is 6.42 Å². The molecule has 0 bridgehead atoms. The van der Waals surface area contributed by atoms with Gasteiger partial charge < -0.3 is 4.74 Å². The van der Waals surface area contributed by atoms with Crippen LogP contribution in [0.3, 0.4) is 0 Å². The second-order valence-corrected chi connectivity index (χ2v) is 4.17. The number of nitrogens with zero attached hydrogens (tertiary/aromatic N) is 1. The van der Waals surface area contributed by atoms with Crippen LogP contribution < -0.4 is 0 Å². The number of aliphatic imine (C=N–C) groups is 1. The topological polar surface area (TPSA) is 21.6 Å². The molecule has 14 heavy (non-hydrogen) atoms. The van der Waals surface area contributed by atoms with Crippen LogP contribution in [0.15, 0.2) is 4.99 Å². The van der Waals surface area contributed by atoms with Gasteiger partial charge in [0.1, 0.15) is 0 Å². The summed E-state index contributed by atoms with van der Waals surface area (Å²) in [5, 5.41) is 0. The molecule has 82 valence electrons. The minimum absolute atomic E-state index is 0.534. The van der Waals surface area contributed by atoms with E-state index in [0.717, 1.165) is 25.5 Å². The Morgan fingerprint density at radius 2 is 2.21 bits per heavy atom. The molecule has 1 atom stereocenters. The van der Waals surface area contributed by atoms with E-state index in [2.05, 4.69) is 18.8 Å². The maximum Gasteiger partial charge on any atom is 0.186 e. The van der Waals surface area contributed by atoms with Gasteiger partial charge in [0.25, 0.3) is 0 Å². The van der Waals surface area contributed by atoms with Gasteiger partial charge in [0, 0.05) is 18.9 Å². The van der Waals surface area contributed by atoms with Gasteiger partial charge in [0.05, 0.1) is 6.61 Å². The molecule has 0 saturated carbocycles. The Bertz CT molecular complexity index is 177. The average molecular weight is 197 g/mol. The van der Waals surface area contributed by atoms with E-state index in [1.165, 1.54) is 32.1 Å². The summed E-state index contributed by atoms with van der Waals surface area (Å²) in [6.45, 7) is 6.32. The molecule has 2 nitrogen and oxygen atoms in total. The lowest BCUT2D eigenvalue weighted by atomic mass is 10.0. The molecule has 1 aliphatic heterocycles. The summed E-state index contributed by atoms with van der Waals surface area (Å²) < 4.78 is 5.55. The summed E-state index contributed by atoms with van der Waals surface area (Å²) in [4.78, 5) is 4.42. The van der Waals surface area contributed by atoms with Crippen LogP contribution in [0.2, 0.25) is 0 Å². The molecule has 0 radical (unpaired) electrons. The molecule has 0 saturated heterocycles. The van der Waals surface area contributed by atoms with Crippen molar-refractivity contribution in [1.29, 1.82) is 0 Å². The predicted octanol–water partition coefficient (Wildman–Crippen LogP) is 3.41. The molecule has 0 fully saturated rings. The number of hydrogen-bond donors (Lipinski definition) is 0.